The predicted octanol–water partition coefficient (Wildman–Crippen LogP) is 3.70. The summed E-state index contributed by atoms with van der Waals surface area (Å²) < 4.78 is 0. The fraction of sp³-hybridized carbons (Fsp3) is 0.429. The van der Waals surface area contributed by atoms with Crippen LogP contribution in [0.3, 0.4) is 0 Å². The van der Waals surface area contributed by atoms with Gasteiger partial charge >= 0.3 is 6.03 Å². The van der Waals surface area contributed by atoms with Crippen LogP contribution >= 0.6 is 23.2 Å². The van der Waals surface area contributed by atoms with Gasteiger partial charge in [0.1, 0.15) is 5.54 Å². The van der Waals surface area contributed by atoms with Gasteiger partial charge in [-0.15, -0.1) is 0 Å². The molecule has 1 aliphatic heterocycles. The SMILES string of the molecule is C=CC(=O)N1CCN(C(=O)NC2(C#Cc3ccc(Cl)c(Cl)c3)CCCC2)CC1. The molecule has 148 valence electrons. The first-order valence-electron chi connectivity index (χ1n) is 9.39. The smallest absolute Gasteiger partial charge is 0.318 e. The Balaban J connectivity index is 1.67. The minimum absolute atomic E-state index is 0.0974. The van der Waals surface area contributed by atoms with Gasteiger partial charge in [0.25, 0.3) is 0 Å². The number of nitrogens with one attached hydrogen (secondary N) is 1. The van der Waals surface area contributed by atoms with Crippen LogP contribution in [0.15, 0.2) is 30.9 Å². The first kappa shape index (κ1) is 20.6. The maximum atomic E-state index is 12.8. The van der Waals surface area contributed by atoms with Crippen molar-refractivity contribution in [3.05, 3.63) is 46.5 Å². The summed E-state index contributed by atoms with van der Waals surface area (Å²) in [4.78, 5) is 27.9. The highest BCUT2D eigenvalue weighted by molar-refractivity contribution is 6.42. The van der Waals surface area contributed by atoms with Crippen molar-refractivity contribution in [2.24, 2.45) is 0 Å². The van der Waals surface area contributed by atoms with Gasteiger partial charge in [0.2, 0.25) is 5.91 Å². The second kappa shape index (κ2) is 8.89. The number of piperazine rings is 1. The van der Waals surface area contributed by atoms with Crippen molar-refractivity contribution >= 4 is 35.1 Å². The molecule has 1 aliphatic carbocycles. The molecule has 1 N–H and O–H groups in total. The Hall–Kier alpha value is -2.16. The Bertz CT molecular complexity index is 830. The molecule has 0 spiro atoms. The highest BCUT2D eigenvalue weighted by Gasteiger charge is 2.35. The Morgan fingerprint density at radius 3 is 2.32 bits per heavy atom. The van der Waals surface area contributed by atoms with E-state index in [2.05, 4.69) is 23.7 Å². The van der Waals surface area contributed by atoms with E-state index in [1.807, 2.05) is 6.07 Å². The molecule has 2 fully saturated rings. The fourth-order valence-corrected chi connectivity index (χ4v) is 3.87. The monoisotopic (exact) mass is 419 g/mol. The van der Waals surface area contributed by atoms with Crippen LogP contribution in [-0.4, -0.2) is 53.5 Å². The maximum Gasteiger partial charge on any atom is 0.318 e. The van der Waals surface area contributed by atoms with Crippen LogP contribution in [0, 0.1) is 11.8 Å². The molecular weight excluding hydrogens is 397 g/mol. The molecule has 2 aliphatic rings. The van der Waals surface area contributed by atoms with Crippen LogP contribution < -0.4 is 5.32 Å². The van der Waals surface area contributed by atoms with E-state index in [9.17, 15) is 9.59 Å². The molecule has 5 nitrogen and oxygen atoms in total. The summed E-state index contributed by atoms with van der Waals surface area (Å²) in [5.74, 6) is 6.32. The quantitative estimate of drug-likeness (QED) is 0.586. The van der Waals surface area contributed by atoms with Crippen LogP contribution in [-0.2, 0) is 4.79 Å². The van der Waals surface area contributed by atoms with Crippen molar-refractivity contribution in [2.45, 2.75) is 31.2 Å². The third-order valence-electron chi connectivity index (χ3n) is 5.22. The highest BCUT2D eigenvalue weighted by atomic mass is 35.5. The van der Waals surface area contributed by atoms with Gasteiger partial charge in [-0.3, -0.25) is 4.79 Å². The van der Waals surface area contributed by atoms with Crippen molar-refractivity contribution in [3.63, 3.8) is 0 Å². The van der Waals surface area contributed by atoms with Crippen LogP contribution in [0.2, 0.25) is 10.0 Å². The topological polar surface area (TPSA) is 52.7 Å². The Kier molecular flexibility index (Phi) is 6.53. The standard InChI is InChI=1S/C21H23Cl2N3O2/c1-2-19(27)25-11-13-26(14-12-25)20(28)24-21(8-3-4-9-21)10-7-16-5-6-17(22)18(23)15-16/h2,5-6,15H,1,3-4,8-9,11-14H2,(H,24,28). The number of amides is 3. The number of carbonyl (C=O) groups is 2. The Labute approximate surface area is 175 Å². The number of carbonyl (C=O) groups excluding carboxylic acids is 2. The van der Waals surface area contributed by atoms with E-state index in [-0.39, 0.29) is 11.9 Å². The van der Waals surface area contributed by atoms with Gasteiger partial charge in [0.05, 0.1) is 10.0 Å². The van der Waals surface area contributed by atoms with E-state index in [0.29, 0.717) is 36.2 Å². The maximum absolute atomic E-state index is 12.8. The summed E-state index contributed by atoms with van der Waals surface area (Å²) in [7, 11) is 0. The molecule has 1 saturated carbocycles. The number of urea groups is 1. The van der Waals surface area contributed by atoms with Gasteiger partial charge in [-0.05, 0) is 50.0 Å². The van der Waals surface area contributed by atoms with Crippen molar-refractivity contribution in [1.82, 2.24) is 15.1 Å². The fourth-order valence-electron chi connectivity index (χ4n) is 3.57. The van der Waals surface area contributed by atoms with Gasteiger partial charge < -0.3 is 15.1 Å². The third kappa shape index (κ3) is 4.81. The van der Waals surface area contributed by atoms with Crippen molar-refractivity contribution in [2.75, 3.05) is 26.2 Å². The third-order valence-corrected chi connectivity index (χ3v) is 5.96. The summed E-state index contributed by atoms with van der Waals surface area (Å²) in [6.45, 7) is 5.54. The molecule has 0 aromatic heterocycles. The summed E-state index contributed by atoms with van der Waals surface area (Å²) in [6, 6.07) is 5.15. The van der Waals surface area contributed by atoms with E-state index < -0.39 is 5.54 Å². The minimum atomic E-state index is -0.530. The van der Waals surface area contributed by atoms with E-state index in [1.54, 1.807) is 21.9 Å². The average molecular weight is 420 g/mol. The van der Waals surface area contributed by atoms with Crippen molar-refractivity contribution in [3.8, 4) is 11.8 Å². The molecule has 0 atom stereocenters. The lowest BCUT2D eigenvalue weighted by molar-refractivity contribution is -0.127. The van der Waals surface area contributed by atoms with Crippen molar-refractivity contribution in [1.29, 1.82) is 0 Å². The Morgan fingerprint density at radius 2 is 1.71 bits per heavy atom. The molecule has 7 heteroatoms. The number of rotatable bonds is 2. The van der Waals surface area contributed by atoms with Gasteiger partial charge in [0.15, 0.2) is 0 Å². The lowest BCUT2D eigenvalue weighted by Crippen LogP contribution is -2.57. The average Bonchev–Trinajstić information content (AvgIpc) is 3.17. The number of halogens is 2. The zero-order valence-corrected chi connectivity index (χ0v) is 17.2. The summed E-state index contributed by atoms with van der Waals surface area (Å²) >= 11 is 12.0. The first-order valence-corrected chi connectivity index (χ1v) is 10.1. The molecule has 0 bridgehead atoms. The van der Waals surface area contributed by atoms with E-state index in [1.165, 1.54) is 6.08 Å². The van der Waals surface area contributed by atoms with Crippen LogP contribution in [0.5, 0.6) is 0 Å². The molecule has 3 rings (SSSR count). The second-order valence-corrected chi connectivity index (χ2v) is 7.93. The molecule has 1 heterocycles. The van der Waals surface area contributed by atoms with E-state index >= 15 is 0 Å². The molecular formula is C21H23Cl2N3O2. The second-order valence-electron chi connectivity index (χ2n) is 7.11. The van der Waals surface area contributed by atoms with E-state index in [0.717, 1.165) is 31.2 Å². The zero-order valence-electron chi connectivity index (χ0n) is 15.6. The molecule has 3 amide bonds. The van der Waals surface area contributed by atoms with Gasteiger partial charge in [0, 0.05) is 31.7 Å². The van der Waals surface area contributed by atoms with Gasteiger partial charge in [-0.25, -0.2) is 4.79 Å². The normalized spacial score (nSPS) is 18.2. The van der Waals surface area contributed by atoms with E-state index in [4.69, 9.17) is 23.2 Å². The summed E-state index contributed by atoms with van der Waals surface area (Å²) in [5.41, 5.74) is 0.239. The first-order chi connectivity index (χ1) is 13.4. The lowest BCUT2D eigenvalue weighted by Gasteiger charge is -2.36. The van der Waals surface area contributed by atoms with Crippen LogP contribution in [0.4, 0.5) is 4.79 Å². The molecule has 1 aromatic rings. The zero-order chi connectivity index (χ0) is 20.1. The largest absolute Gasteiger partial charge is 0.336 e. The summed E-state index contributed by atoms with van der Waals surface area (Å²) in [5, 5.41) is 4.10. The van der Waals surface area contributed by atoms with Crippen LogP contribution in [0.1, 0.15) is 31.2 Å². The Morgan fingerprint density at radius 1 is 1.07 bits per heavy atom. The molecule has 28 heavy (non-hydrogen) atoms. The molecule has 0 unspecified atom stereocenters. The number of hydrogen-bond acceptors (Lipinski definition) is 2. The molecule has 1 aromatic carbocycles. The number of hydrogen-bond donors (Lipinski definition) is 1. The highest BCUT2D eigenvalue weighted by Crippen LogP contribution is 2.30. The lowest BCUT2D eigenvalue weighted by atomic mass is 9.98. The van der Waals surface area contributed by atoms with Crippen LogP contribution in [0.25, 0.3) is 0 Å². The minimum Gasteiger partial charge on any atom is -0.336 e. The predicted molar refractivity (Wildman–Crippen MR) is 111 cm³/mol. The molecule has 0 radical (unpaired) electrons. The molecule has 1 saturated heterocycles. The van der Waals surface area contributed by atoms with Gasteiger partial charge in [-0.1, -0.05) is 41.6 Å². The number of benzene rings is 1. The van der Waals surface area contributed by atoms with Gasteiger partial charge in [-0.2, -0.15) is 0 Å². The summed E-state index contributed by atoms with van der Waals surface area (Å²) in [6.07, 6.45) is 5.00. The number of nitrogens with zero attached hydrogens (tertiary/aromatic N) is 2. The van der Waals surface area contributed by atoms with Crippen molar-refractivity contribution < 1.29 is 9.59 Å².